The van der Waals surface area contributed by atoms with E-state index in [1.807, 2.05) is 4.90 Å². The van der Waals surface area contributed by atoms with Gasteiger partial charge in [0.1, 0.15) is 0 Å². The Morgan fingerprint density at radius 2 is 2.10 bits per heavy atom. The lowest BCUT2D eigenvalue weighted by Crippen LogP contribution is -2.62. The Morgan fingerprint density at radius 1 is 1.25 bits per heavy atom. The summed E-state index contributed by atoms with van der Waals surface area (Å²) in [4.78, 5) is 14.6. The van der Waals surface area contributed by atoms with Crippen LogP contribution in [0, 0.1) is 5.92 Å². The third-order valence-electron chi connectivity index (χ3n) is 5.38. The third-order valence-corrected chi connectivity index (χ3v) is 5.38. The molecule has 2 saturated heterocycles. The number of fused-ring (bicyclic) bond motifs is 1. The summed E-state index contributed by atoms with van der Waals surface area (Å²) in [6.45, 7) is 5.13. The van der Waals surface area contributed by atoms with Crippen LogP contribution in [0.4, 0.5) is 0 Å². The summed E-state index contributed by atoms with van der Waals surface area (Å²) < 4.78 is 0. The van der Waals surface area contributed by atoms with Gasteiger partial charge in [0.25, 0.3) is 0 Å². The zero-order valence-electron chi connectivity index (χ0n) is 12.4. The second-order valence-corrected chi connectivity index (χ2v) is 6.85. The van der Waals surface area contributed by atoms with Crippen molar-refractivity contribution in [1.82, 2.24) is 15.5 Å². The molecule has 0 aromatic heterocycles. The van der Waals surface area contributed by atoms with Crippen LogP contribution in [0.3, 0.4) is 0 Å². The highest BCUT2D eigenvalue weighted by molar-refractivity contribution is 5.82. The number of amides is 1. The van der Waals surface area contributed by atoms with Gasteiger partial charge in [-0.1, -0.05) is 12.8 Å². The molecular formula is C15H27N3O2. The molecule has 3 rings (SSSR count). The number of carbonyl (C=O) groups excluding carboxylic acids is 1. The SMILES string of the molecule is CC1CNC(C(=O)N2CCC3(O)CCCCC3C2)CN1. The summed E-state index contributed by atoms with van der Waals surface area (Å²) in [5.74, 6) is 0.487. The first-order valence-corrected chi connectivity index (χ1v) is 8.06. The fourth-order valence-corrected chi connectivity index (χ4v) is 3.95. The first kappa shape index (κ1) is 14.3. The Labute approximate surface area is 121 Å². The van der Waals surface area contributed by atoms with E-state index in [0.717, 1.165) is 38.8 Å². The standard InChI is InChI=1S/C15H27N3O2/c1-11-8-17-13(9-16-11)14(19)18-7-6-15(20)5-3-2-4-12(15)10-18/h11-13,16-17,20H,2-10H2,1H3. The van der Waals surface area contributed by atoms with Crippen molar-refractivity contribution in [2.45, 2.75) is 56.7 Å². The van der Waals surface area contributed by atoms with Crippen LogP contribution in [0.5, 0.6) is 0 Å². The highest BCUT2D eigenvalue weighted by atomic mass is 16.3. The molecule has 1 saturated carbocycles. The minimum Gasteiger partial charge on any atom is -0.389 e. The molecule has 1 amide bonds. The fourth-order valence-electron chi connectivity index (χ4n) is 3.95. The quantitative estimate of drug-likeness (QED) is 0.637. The van der Waals surface area contributed by atoms with Gasteiger partial charge < -0.3 is 20.6 Å². The van der Waals surface area contributed by atoms with E-state index in [4.69, 9.17) is 0 Å². The van der Waals surface area contributed by atoms with Crippen LogP contribution in [0.15, 0.2) is 0 Å². The summed E-state index contributed by atoms with van der Waals surface area (Å²) in [6, 6.07) is 0.338. The first-order chi connectivity index (χ1) is 9.58. The maximum atomic E-state index is 12.6. The average Bonchev–Trinajstić information content (AvgIpc) is 2.46. The van der Waals surface area contributed by atoms with Crippen LogP contribution in [0.2, 0.25) is 0 Å². The van der Waals surface area contributed by atoms with E-state index >= 15 is 0 Å². The van der Waals surface area contributed by atoms with Crippen molar-refractivity contribution in [1.29, 1.82) is 0 Å². The van der Waals surface area contributed by atoms with Crippen molar-refractivity contribution in [3.63, 3.8) is 0 Å². The molecule has 20 heavy (non-hydrogen) atoms. The molecule has 0 aromatic carbocycles. The highest BCUT2D eigenvalue weighted by Gasteiger charge is 2.44. The number of hydrogen-bond acceptors (Lipinski definition) is 4. The van der Waals surface area contributed by atoms with Crippen molar-refractivity contribution >= 4 is 5.91 Å². The van der Waals surface area contributed by atoms with E-state index in [2.05, 4.69) is 17.6 Å². The Bertz CT molecular complexity index is 368. The molecule has 0 aromatic rings. The van der Waals surface area contributed by atoms with Gasteiger partial charge >= 0.3 is 0 Å². The summed E-state index contributed by atoms with van der Waals surface area (Å²) in [5, 5.41) is 17.4. The van der Waals surface area contributed by atoms with E-state index in [1.54, 1.807) is 0 Å². The van der Waals surface area contributed by atoms with Crippen LogP contribution in [-0.4, -0.2) is 59.8 Å². The molecule has 3 fully saturated rings. The Hall–Kier alpha value is -0.650. The predicted molar refractivity (Wildman–Crippen MR) is 77.4 cm³/mol. The minimum atomic E-state index is -0.498. The summed E-state index contributed by atoms with van der Waals surface area (Å²) in [7, 11) is 0. The maximum absolute atomic E-state index is 12.6. The first-order valence-electron chi connectivity index (χ1n) is 8.06. The van der Waals surface area contributed by atoms with Crippen molar-refractivity contribution < 1.29 is 9.90 Å². The Morgan fingerprint density at radius 3 is 2.85 bits per heavy atom. The minimum absolute atomic E-state index is 0.0963. The number of carbonyl (C=O) groups is 1. The molecular weight excluding hydrogens is 254 g/mol. The molecule has 4 atom stereocenters. The second-order valence-electron chi connectivity index (χ2n) is 6.85. The van der Waals surface area contributed by atoms with Gasteiger partial charge in [-0.2, -0.15) is 0 Å². The fraction of sp³-hybridized carbons (Fsp3) is 0.933. The zero-order valence-corrected chi connectivity index (χ0v) is 12.4. The Kier molecular flexibility index (Phi) is 4.02. The molecule has 3 aliphatic rings. The summed E-state index contributed by atoms with van der Waals surface area (Å²) in [6.07, 6.45) is 5.05. The molecule has 4 unspecified atom stereocenters. The maximum Gasteiger partial charge on any atom is 0.241 e. The molecule has 0 radical (unpaired) electrons. The van der Waals surface area contributed by atoms with E-state index < -0.39 is 5.60 Å². The molecule has 0 bridgehead atoms. The number of aliphatic hydroxyl groups is 1. The molecule has 3 N–H and O–H groups in total. The summed E-state index contributed by atoms with van der Waals surface area (Å²) >= 11 is 0. The van der Waals surface area contributed by atoms with Crippen LogP contribution in [0.1, 0.15) is 39.0 Å². The molecule has 5 nitrogen and oxygen atoms in total. The van der Waals surface area contributed by atoms with Gasteiger partial charge in [-0.25, -0.2) is 0 Å². The van der Waals surface area contributed by atoms with Gasteiger partial charge in [-0.3, -0.25) is 4.79 Å². The summed E-state index contributed by atoms with van der Waals surface area (Å²) in [5.41, 5.74) is -0.498. The molecule has 2 aliphatic heterocycles. The van der Waals surface area contributed by atoms with Crippen LogP contribution >= 0.6 is 0 Å². The van der Waals surface area contributed by atoms with Gasteiger partial charge in [0.05, 0.1) is 11.6 Å². The monoisotopic (exact) mass is 281 g/mol. The number of nitrogens with zero attached hydrogens (tertiary/aromatic N) is 1. The predicted octanol–water partition coefficient (Wildman–Crippen LogP) is 0.0899. The third kappa shape index (κ3) is 2.71. The lowest BCUT2D eigenvalue weighted by molar-refractivity contribution is -0.145. The normalized spacial score (nSPS) is 42.1. The Balaban J connectivity index is 1.60. The van der Waals surface area contributed by atoms with Gasteiger partial charge in [0, 0.05) is 38.1 Å². The second kappa shape index (κ2) is 5.62. The lowest BCUT2D eigenvalue weighted by Gasteiger charge is -2.48. The van der Waals surface area contributed by atoms with Gasteiger partial charge in [-0.05, 0) is 26.2 Å². The number of hydrogen-bond donors (Lipinski definition) is 3. The molecule has 1 aliphatic carbocycles. The van der Waals surface area contributed by atoms with Gasteiger partial charge in [-0.15, -0.1) is 0 Å². The lowest BCUT2D eigenvalue weighted by atomic mass is 9.71. The largest absolute Gasteiger partial charge is 0.389 e. The molecule has 5 heteroatoms. The smallest absolute Gasteiger partial charge is 0.241 e. The zero-order chi connectivity index (χ0) is 14.2. The van der Waals surface area contributed by atoms with E-state index in [0.29, 0.717) is 19.1 Å². The van der Waals surface area contributed by atoms with Crippen LogP contribution in [0.25, 0.3) is 0 Å². The van der Waals surface area contributed by atoms with Crippen LogP contribution in [-0.2, 0) is 4.79 Å². The number of nitrogens with one attached hydrogen (secondary N) is 2. The van der Waals surface area contributed by atoms with E-state index in [1.165, 1.54) is 6.42 Å². The number of piperazine rings is 1. The number of rotatable bonds is 1. The van der Waals surface area contributed by atoms with Crippen molar-refractivity contribution in [2.75, 3.05) is 26.2 Å². The van der Waals surface area contributed by atoms with Crippen molar-refractivity contribution in [2.24, 2.45) is 5.92 Å². The van der Waals surface area contributed by atoms with Crippen molar-refractivity contribution in [3.8, 4) is 0 Å². The van der Waals surface area contributed by atoms with Crippen molar-refractivity contribution in [3.05, 3.63) is 0 Å². The molecule has 114 valence electrons. The topological polar surface area (TPSA) is 64.6 Å². The van der Waals surface area contributed by atoms with E-state index in [-0.39, 0.29) is 17.9 Å². The van der Waals surface area contributed by atoms with Gasteiger partial charge in [0.15, 0.2) is 0 Å². The van der Waals surface area contributed by atoms with E-state index in [9.17, 15) is 9.90 Å². The van der Waals surface area contributed by atoms with Crippen LogP contribution < -0.4 is 10.6 Å². The number of piperidine rings is 1. The highest BCUT2D eigenvalue weighted by Crippen LogP contribution is 2.39. The number of likely N-dealkylation sites (tertiary alicyclic amines) is 1. The van der Waals surface area contributed by atoms with Gasteiger partial charge in [0.2, 0.25) is 5.91 Å². The molecule has 2 heterocycles. The average molecular weight is 281 g/mol. The molecule has 0 spiro atoms.